The molecule has 0 unspecified atom stereocenters. The Morgan fingerprint density at radius 1 is 1.21 bits per heavy atom. The molecule has 2 heterocycles. The Morgan fingerprint density at radius 3 is 2.53 bits per heavy atom. The van der Waals surface area contributed by atoms with Gasteiger partial charge in [0.05, 0.1) is 29.2 Å². The summed E-state index contributed by atoms with van der Waals surface area (Å²) in [6.07, 6.45) is 1.93. The summed E-state index contributed by atoms with van der Waals surface area (Å²) in [7, 11) is 0. The van der Waals surface area contributed by atoms with Crippen molar-refractivity contribution in [1.29, 1.82) is 0 Å². The van der Waals surface area contributed by atoms with E-state index in [9.17, 15) is 19.8 Å². The summed E-state index contributed by atoms with van der Waals surface area (Å²) in [5.74, 6) is -0.586. The number of carboxylic acids is 1. The highest BCUT2D eigenvalue weighted by Crippen LogP contribution is 2.36. The van der Waals surface area contributed by atoms with Crippen LogP contribution in [-0.4, -0.2) is 29.3 Å². The first kappa shape index (κ1) is 23.8. The minimum Gasteiger partial charge on any atom is -0.478 e. The van der Waals surface area contributed by atoms with Crippen LogP contribution in [0.4, 0.5) is 11.6 Å². The fourth-order valence-corrected chi connectivity index (χ4v) is 4.64. The van der Waals surface area contributed by atoms with Gasteiger partial charge in [0, 0.05) is 24.3 Å². The predicted molar refractivity (Wildman–Crippen MR) is 134 cm³/mol. The molecule has 34 heavy (non-hydrogen) atoms. The molecule has 1 aromatic heterocycles. The summed E-state index contributed by atoms with van der Waals surface area (Å²) in [5.41, 5.74) is 3.04. The maximum atomic E-state index is 13.4. The van der Waals surface area contributed by atoms with Gasteiger partial charge in [-0.1, -0.05) is 32.0 Å². The Bertz CT molecular complexity index is 1280. The maximum absolute atomic E-state index is 13.4. The minimum absolute atomic E-state index is 0.173. The van der Waals surface area contributed by atoms with E-state index in [-0.39, 0.29) is 28.0 Å². The van der Waals surface area contributed by atoms with Crippen molar-refractivity contribution < 1.29 is 19.4 Å². The van der Waals surface area contributed by atoms with Crippen molar-refractivity contribution in [3.8, 4) is 0 Å². The van der Waals surface area contributed by atoms with Gasteiger partial charge in [0.2, 0.25) is 5.88 Å². The van der Waals surface area contributed by atoms with Crippen molar-refractivity contribution in [2.75, 3.05) is 23.3 Å². The van der Waals surface area contributed by atoms with Crippen molar-refractivity contribution in [3.05, 3.63) is 68.9 Å². The molecule has 0 bridgehead atoms. The predicted octanol–water partition coefficient (Wildman–Crippen LogP) is 5.09. The van der Waals surface area contributed by atoms with Crippen LogP contribution < -0.4 is 15.6 Å². The number of fused-ring (bicyclic) bond motifs is 1. The molecule has 3 aromatic rings. The highest BCUT2D eigenvalue weighted by molar-refractivity contribution is 5.94. The van der Waals surface area contributed by atoms with Crippen LogP contribution in [0.5, 0.6) is 0 Å². The number of aryl methyl sites for hydroxylation is 1. The number of para-hydroxylation sites is 1. The monoisotopic (exact) mass is 464 g/mol. The molecule has 180 valence electrons. The smallest absolute Gasteiger partial charge is 0.337 e. The number of aliphatic hydroxyl groups excluding tert-OH is 1. The Morgan fingerprint density at radius 2 is 1.88 bits per heavy atom. The fraction of sp³-hybridized carbons (Fsp3) is 0.407. The summed E-state index contributed by atoms with van der Waals surface area (Å²) in [6, 6.07) is 10.1. The lowest BCUT2D eigenvalue weighted by Gasteiger charge is -2.37. The molecule has 0 saturated carbocycles. The summed E-state index contributed by atoms with van der Waals surface area (Å²) in [5, 5.41) is 23.3. The molecule has 0 amide bonds. The molecule has 1 aliphatic rings. The second-order valence-electron chi connectivity index (χ2n) is 9.97. The average Bonchev–Trinajstić information content (AvgIpc) is 2.79. The number of benzene rings is 2. The largest absolute Gasteiger partial charge is 0.478 e. The average molecular weight is 465 g/mol. The van der Waals surface area contributed by atoms with E-state index >= 15 is 0 Å². The van der Waals surface area contributed by atoms with Gasteiger partial charge < -0.3 is 24.8 Å². The zero-order chi connectivity index (χ0) is 24.6. The van der Waals surface area contributed by atoms with Gasteiger partial charge in [0.15, 0.2) is 5.43 Å². The third kappa shape index (κ3) is 4.53. The Balaban J connectivity index is 1.82. The molecule has 1 saturated heterocycles. The third-order valence-corrected chi connectivity index (χ3v) is 6.80. The molecule has 3 N–H and O–H groups in total. The van der Waals surface area contributed by atoms with Crippen LogP contribution in [0.3, 0.4) is 0 Å². The topological polar surface area (TPSA) is 103 Å². The standard InChI is InChI=1S/C27H32N2O5/c1-16-13-19(17(2)28-22-8-6-5-7-18(22)26(32)33)24-20(14-16)23(31)21(15-30)25(34-24)29-11-9-27(3,4)10-12-29/h5-8,13-14,17,28,30H,9-12,15H2,1-4H3,(H,32,33)/t17-/m1/s1. The summed E-state index contributed by atoms with van der Waals surface area (Å²) in [4.78, 5) is 27.1. The van der Waals surface area contributed by atoms with Gasteiger partial charge in [-0.3, -0.25) is 4.79 Å². The lowest BCUT2D eigenvalue weighted by atomic mass is 9.82. The number of nitrogens with one attached hydrogen (secondary N) is 1. The minimum atomic E-state index is -1.01. The number of rotatable bonds is 6. The maximum Gasteiger partial charge on any atom is 0.337 e. The molecule has 1 atom stereocenters. The van der Waals surface area contributed by atoms with E-state index in [1.165, 1.54) is 0 Å². The summed E-state index contributed by atoms with van der Waals surface area (Å²) >= 11 is 0. The normalized spacial score (nSPS) is 16.4. The van der Waals surface area contributed by atoms with Gasteiger partial charge in [0.25, 0.3) is 0 Å². The number of hydrogen-bond donors (Lipinski definition) is 3. The summed E-state index contributed by atoms with van der Waals surface area (Å²) in [6.45, 7) is 9.38. The zero-order valence-electron chi connectivity index (χ0n) is 20.1. The number of piperidine rings is 1. The van der Waals surface area contributed by atoms with Crippen molar-refractivity contribution >= 4 is 28.5 Å². The number of carbonyl (C=O) groups is 1. The van der Waals surface area contributed by atoms with Gasteiger partial charge in [-0.25, -0.2) is 4.79 Å². The van der Waals surface area contributed by atoms with E-state index in [0.717, 1.165) is 37.1 Å². The van der Waals surface area contributed by atoms with E-state index in [1.54, 1.807) is 30.3 Å². The van der Waals surface area contributed by atoms with Crippen LogP contribution in [0.15, 0.2) is 45.6 Å². The Kier molecular flexibility index (Phi) is 6.41. The lowest BCUT2D eigenvalue weighted by molar-refractivity contribution is 0.0698. The molecule has 1 fully saturated rings. The Hall–Kier alpha value is -3.32. The van der Waals surface area contributed by atoms with Crippen molar-refractivity contribution in [1.82, 2.24) is 0 Å². The van der Waals surface area contributed by atoms with Crippen molar-refractivity contribution in [2.45, 2.75) is 53.2 Å². The quantitative estimate of drug-likeness (QED) is 0.467. The van der Waals surface area contributed by atoms with Crippen LogP contribution in [0, 0.1) is 12.3 Å². The first-order valence-corrected chi connectivity index (χ1v) is 11.7. The lowest BCUT2D eigenvalue weighted by Crippen LogP contribution is -2.38. The number of hydrogen-bond acceptors (Lipinski definition) is 6. The van der Waals surface area contributed by atoms with E-state index in [2.05, 4.69) is 24.1 Å². The number of carboxylic acid groups (broad SMARTS) is 1. The molecule has 7 heteroatoms. The van der Waals surface area contributed by atoms with E-state index < -0.39 is 12.6 Å². The molecular formula is C27H32N2O5. The van der Waals surface area contributed by atoms with Gasteiger partial charge in [-0.2, -0.15) is 0 Å². The highest BCUT2D eigenvalue weighted by Gasteiger charge is 2.29. The molecular weight excluding hydrogens is 432 g/mol. The molecule has 0 radical (unpaired) electrons. The third-order valence-electron chi connectivity index (χ3n) is 6.80. The van der Waals surface area contributed by atoms with E-state index in [0.29, 0.717) is 22.5 Å². The molecule has 0 aliphatic carbocycles. The number of aliphatic hydroxyl groups is 1. The van der Waals surface area contributed by atoms with Gasteiger partial charge >= 0.3 is 5.97 Å². The van der Waals surface area contributed by atoms with Crippen LogP contribution >= 0.6 is 0 Å². The number of nitrogens with zero attached hydrogens (tertiary/aromatic N) is 1. The molecule has 0 spiro atoms. The van der Waals surface area contributed by atoms with Gasteiger partial charge in [-0.15, -0.1) is 0 Å². The zero-order valence-corrected chi connectivity index (χ0v) is 20.1. The van der Waals surface area contributed by atoms with Gasteiger partial charge in [0.1, 0.15) is 5.58 Å². The first-order valence-electron chi connectivity index (χ1n) is 11.7. The van der Waals surface area contributed by atoms with Gasteiger partial charge in [-0.05, 0) is 55.9 Å². The van der Waals surface area contributed by atoms with Crippen LogP contribution in [0.2, 0.25) is 0 Å². The fourth-order valence-electron chi connectivity index (χ4n) is 4.64. The molecule has 2 aromatic carbocycles. The molecule has 4 rings (SSSR count). The SMILES string of the molecule is Cc1cc([C@@H](C)Nc2ccccc2C(=O)O)c2oc(N3CCC(C)(C)CC3)c(CO)c(=O)c2c1. The Labute approximate surface area is 199 Å². The van der Waals surface area contributed by atoms with Crippen molar-refractivity contribution in [3.63, 3.8) is 0 Å². The van der Waals surface area contributed by atoms with Crippen LogP contribution in [0.1, 0.15) is 66.7 Å². The van der Waals surface area contributed by atoms with E-state index in [1.807, 2.05) is 19.9 Å². The number of aromatic carboxylic acids is 1. The molecule has 1 aliphatic heterocycles. The first-order chi connectivity index (χ1) is 16.1. The highest BCUT2D eigenvalue weighted by atomic mass is 16.4. The summed E-state index contributed by atoms with van der Waals surface area (Å²) < 4.78 is 6.40. The van der Waals surface area contributed by atoms with Crippen LogP contribution in [0.25, 0.3) is 11.0 Å². The second kappa shape index (κ2) is 9.14. The molecule has 7 nitrogen and oxygen atoms in total. The van der Waals surface area contributed by atoms with Crippen LogP contribution in [-0.2, 0) is 6.61 Å². The van der Waals surface area contributed by atoms with Crippen molar-refractivity contribution in [2.24, 2.45) is 5.41 Å². The second-order valence-corrected chi connectivity index (χ2v) is 9.97. The van der Waals surface area contributed by atoms with E-state index in [4.69, 9.17) is 4.42 Å². The number of anilines is 2.